The van der Waals surface area contributed by atoms with Gasteiger partial charge in [0.1, 0.15) is 5.82 Å². The highest BCUT2D eigenvalue weighted by Gasteiger charge is 2.29. The molecule has 0 spiro atoms. The lowest BCUT2D eigenvalue weighted by Crippen LogP contribution is -2.48. The van der Waals surface area contributed by atoms with Gasteiger partial charge in [0.2, 0.25) is 0 Å². The Balaban J connectivity index is 1.33. The van der Waals surface area contributed by atoms with Gasteiger partial charge in [-0.3, -0.25) is 4.79 Å². The van der Waals surface area contributed by atoms with Crippen molar-refractivity contribution in [3.05, 3.63) is 65.5 Å². The smallest absolute Gasteiger partial charge is 0.319 e. The van der Waals surface area contributed by atoms with Gasteiger partial charge in [0, 0.05) is 30.4 Å². The highest BCUT2D eigenvalue weighted by Crippen LogP contribution is 2.28. The number of ketones is 1. The van der Waals surface area contributed by atoms with Crippen LogP contribution in [0, 0.1) is 17.7 Å². The number of anilines is 1. The number of halogens is 1. The lowest BCUT2D eigenvalue weighted by Gasteiger charge is -2.36. The molecule has 6 heteroatoms. The Hall–Kier alpha value is -2.73. The van der Waals surface area contributed by atoms with Gasteiger partial charge in [0.05, 0.1) is 0 Å². The molecule has 1 saturated carbocycles. The van der Waals surface area contributed by atoms with Gasteiger partial charge >= 0.3 is 6.03 Å². The summed E-state index contributed by atoms with van der Waals surface area (Å²) in [6.07, 6.45) is 9.11. The fourth-order valence-corrected chi connectivity index (χ4v) is 5.70. The van der Waals surface area contributed by atoms with Crippen LogP contribution in [0.1, 0.15) is 67.8 Å². The first-order valence-corrected chi connectivity index (χ1v) is 13.1. The highest BCUT2D eigenvalue weighted by atomic mass is 19.1. The number of hydrogen-bond donors (Lipinski definition) is 2. The van der Waals surface area contributed by atoms with Crippen LogP contribution in [0.4, 0.5) is 14.9 Å². The average molecular weight is 480 g/mol. The number of carbonyl (C=O) groups excluding carboxylic acids is 2. The number of benzene rings is 2. The summed E-state index contributed by atoms with van der Waals surface area (Å²) in [5.41, 5.74) is 2.44. The summed E-state index contributed by atoms with van der Waals surface area (Å²) in [5.74, 6) is 0.816. The fraction of sp³-hybridized carbons (Fsp3) is 0.517. The normalized spacial score (nSPS) is 23.3. The third kappa shape index (κ3) is 7.63. The van der Waals surface area contributed by atoms with Crippen molar-refractivity contribution in [1.29, 1.82) is 0 Å². The topological polar surface area (TPSA) is 61.4 Å². The summed E-state index contributed by atoms with van der Waals surface area (Å²) in [7, 11) is 0. The summed E-state index contributed by atoms with van der Waals surface area (Å²) in [6.45, 7) is 4.70. The molecule has 0 aromatic heterocycles. The first-order valence-electron chi connectivity index (χ1n) is 13.1. The number of hydrogen-bond acceptors (Lipinski definition) is 3. The first kappa shape index (κ1) is 25.4. The number of rotatable bonds is 7. The van der Waals surface area contributed by atoms with Crippen molar-refractivity contribution in [2.45, 2.75) is 64.3 Å². The summed E-state index contributed by atoms with van der Waals surface area (Å²) < 4.78 is 13.3. The number of amides is 2. The van der Waals surface area contributed by atoms with E-state index in [1.54, 1.807) is 30.3 Å². The quantitative estimate of drug-likeness (QED) is 0.475. The third-order valence-electron chi connectivity index (χ3n) is 7.54. The number of carbonyl (C=O) groups is 2. The van der Waals surface area contributed by atoms with Gasteiger partial charge in [-0.05, 0) is 87.2 Å². The number of likely N-dealkylation sites (tertiary alicyclic amines) is 1. The van der Waals surface area contributed by atoms with Crippen LogP contribution in [0.15, 0.2) is 48.5 Å². The Kier molecular flexibility index (Phi) is 8.91. The van der Waals surface area contributed by atoms with E-state index in [4.69, 9.17) is 0 Å². The van der Waals surface area contributed by atoms with Crippen molar-refractivity contribution in [3.8, 4) is 0 Å². The zero-order valence-electron chi connectivity index (χ0n) is 20.8. The predicted molar refractivity (Wildman–Crippen MR) is 138 cm³/mol. The van der Waals surface area contributed by atoms with Crippen LogP contribution < -0.4 is 10.6 Å². The molecule has 35 heavy (non-hydrogen) atoms. The minimum absolute atomic E-state index is 0.0171. The molecule has 2 aliphatic rings. The molecule has 0 bridgehead atoms. The van der Waals surface area contributed by atoms with Gasteiger partial charge < -0.3 is 15.5 Å². The Morgan fingerprint density at radius 3 is 2.57 bits per heavy atom. The molecule has 2 fully saturated rings. The molecule has 2 aromatic carbocycles. The maximum absolute atomic E-state index is 13.3. The molecule has 3 atom stereocenters. The Morgan fingerprint density at radius 1 is 1.00 bits per heavy atom. The average Bonchev–Trinajstić information content (AvgIpc) is 3.06. The molecule has 4 rings (SSSR count). The van der Waals surface area contributed by atoms with Crippen molar-refractivity contribution >= 4 is 17.5 Å². The molecule has 1 aliphatic carbocycles. The van der Waals surface area contributed by atoms with E-state index in [0.29, 0.717) is 23.1 Å². The molecule has 1 heterocycles. The van der Waals surface area contributed by atoms with E-state index in [2.05, 4.69) is 15.5 Å². The number of nitrogens with one attached hydrogen (secondary N) is 2. The SMILES string of the molecule is CC(=O)c1cccc(NC(=O)N[C@@H]2CCCC[C@H]2CN2CCCC[C@@H](Cc3ccc(F)cc3)C2)c1. The summed E-state index contributed by atoms with van der Waals surface area (Å²) in [6, 6.07) is 14.0. The lowest BCUT2D eigenvalue weighted by molar-refractivity contribution is 0.101. The van der Waals surface area contributed by atoms with Crippen molar-refractivity contribution in [3.63, 3.8) is 0 Å². The second-order valence-corrected chi connectivity index (χ2v) is 10.3. The Morgan fingerprint density at radius 2 is 1.77 bits per heavy atom. The predicted octanol–water partition coefficient (Wildman–Crippen LogP) is 6.05. The van der Waals surface area contributed by atoms with E-state index in [1.807, 2.05) is 18.2 Å². The zero-order valence-corrected chi connectivity index (χ0v) is 20.8. The van der Waals surface area contributed by atoms with Crippen LogP contribution in [-0.2, 0) is 6.42 Å². The van der Waals surface area contributed by atoms with Crippen LogP contribution in [-0.4, -0.2) is 42.4 Å². The van der Waals surface area contributed by atoms with Crippen molar-refractivity contribution in [1.82, 2.24) is 10.2 Å². The van der Waals surface area contributed by atoms with E-state index in [0.717, 1.165) is 45.3 Å². The maximum atomic E-state index is 13.3. The summed E-state index contributed by atoms with van der Waals surface area (Å²) in [4.78, 5) is 27.0. The molecule has 188 valence electrons. The largest absolute Gasteiger partial charge is 0.335 e. The lowest BCUT2D eigenvalue weighted by atomic mass is 9.84. The van der Waals surface area contributed by atoms with E-state index in [9.17, 15) is 14.0 Å². The minimum Gasteiger partial charge on any atom is -0.335 e. The van der Waals surface area contributed by atoms with Gasteiger partial charge in [-0.15, -0.1) is 0 Å². The van der Waals surface area contributed by atoms with Gasteiger partial charge in [0.25, 0.3) is 0 Å². The zero-order chi connectivity index (χ0) is 24.6. The summed E-state index contributed by atoms with van der Waals surface area (Å²) in [5, 5.41) is 6.14. The van der Waals surface area contributed by atoms with Crippen LogP contribution in [0.5, 0.6) is 0 Å². The second-order valence-electron chi connectivity index (χ2n) is 10.3. The molecule has 2 aromatic rings. The van der Waals surface area contributed by atoms with Gasteiger partial charge in [0.15, 0.2) is 5.78 Å². The summed E-state index contributed by atoms with van der Waals surface area (Å²) >= 11 is 0. The van der Waals surface area contributed by atoms with Crippen LogP contribution >= 0.6 is 0 Å². The molecule has 1 saturated heterocycles. The molecule has 0 radical (unpaired) electrons. The van der Waals surface area contributed by atoms with E-state index < -0.39 is 0 Å². The molecular weight excluding hydrogens is 441 g/mol. The van der Waals surface area contributed by atoms with Crippen molar-refractivity contribution in [2.24, 2.45) is 11.8 Å². The highest BCUT2D eigenvalue weighted by molar-refractivity contribution is 5.96. The Labute approximate surface area is 208 Å². The monoisotopic (exact) mass is 479 g/mol. The molecule has 5 nitrogen and oxygen atoms in total. The number of urea groups is 1. The molecular formula is C29H38FN3O2. The Bertz CT molecular complexity index is 994. The van der Waals surface area contributed by atoms with Gasteiger partial charge in [-0.25, -0.2) is 9.18 Å². The first-order chi connectivity index (χ1) is 17.0. The number of Topliss-reactive ketones (excluding diaryl/α,β-unsaturated/α-hetero) is 1. The minimum atomic E-state index is -0.201. The van der Waals surface area contributed by atoms with E-state index in [-0.39, 0.29) is 23.7 Å². The maximum Gasteiger partial charge on any atom is 0.319 e. The van der Waals surface area contributed by atoms with Crippen LogP contribution in [0.2, 0.25) is 0 Å². The molecule has 0 unspecified atom stereocenters. The third-order valence-corrected chi connectivity index (χ3v) is 7.54. The van der Waals surface area contributed by atoms with Gasteiger partial charge in [-0.2, -0.15) is 0 Å². The van der Waals surface area contributed by atoms with Crippen molar-refractivity contribution < 1.29 is 14.0 Å². The van der Waals surface area contributed by atoms with Crippen LogP contribution in [0.25, 0.3) is 0 Å². The molecule has 1 aliphatic heterocycles. The fourth-order valence-electron chi connectivity index (χ4n) is 5.70. The van der Waals surface area contributed by atoms with Crippen molar-refractivity contribution in [2.75, 3.05) is 25.0 Å². The van der Waals surface area contributed by atoms with E-state index in [1.165, 1.54) is 38.2 Å². The molecule has 2 amide bonds. The van der Waals surface area contributed by atoms with Crippen LogP contribution in [0.3, 0.4) is 0 Å². The number of nitrogens with zero attached hydrogens (tertiary/aromatic N) is 1. The van der Waals surface area contributed by atoms with E-state index >= 15 is 0 Å². The second kappa shape index (κ2) is 12.3. The standard InChI is InChI=1S/C29H38FN3O2/c1-21(34)24-9-6-10-27(18-24)31-29(35)32-28-11-3-2-8-25(28)20-33-16-5-4-7-23(19-33)17-22-12-14-26(30)15-13-22/h6,9-10,12-15,18,23,25,28H,2-5,7-8,11,16-17,19-20H2,1H3,(H2,31,32,35)/t23-,25-,28+/m0/s1. The molecule has 2 N–H and O–H groups in total. The van der Waals surface area contributed by atoms with Gasteiger partial charge in [-0.1, -0.05) is 43.5 Å².